The summed E-state index contributed by atoms with van der Waals surface area (Å²) in [7, 11) is 1.59. The lowest BCUT2D eigenvalue weighted by molar-refractivity contribution is -0.301. The van der Waals surface area contributed by atoms with E-state index in [1.807, 2.05) is 38.1 Å². The Morgan fingerprint density at radius 2 is 1.86 bits per heavy atom. The van der Waals surface area contributed by atoms with Crippen molar-refractivity contribution >= 4 is 11.7 Å². The van der Waals surface area contributed by atoms with Gasteiger partial charge in [0, 0.05) is 13.1 Å². The molecule has 0 unspecified atom stereocenters. The maximum Gasteiger partial charge on any atom is 0.321 e. The van der Waals surface area contributed by atoms with Gasteiger partial charge in [-0.15, -0.1) is 0 Å². The van der Waals surface area contributed by atoms with E-state index in [1.54, 1.807) is 12.0 Å². The van der Waals surface area contributed by atoms with Crippen LogP contribution in [0.1, 0.15) is 13.8 Å². The molecule has 2 amide bonds. The highest BCUT2D eigenvalue weighted by molar-refractivity contribution is 5.91. The Balaban J connectivity index is 1.56. The van der Waals surface area contributed by atoms with Crippen LogP contribution in [0.2, 0.25) is 0 Å². The van der Waals surface area contributed by atoms with E-state index in [2.05, 4.69) is 5.32 Å². The summed E-state index contributed by atoms with van der Waals surface area (Å²) in [4.78, 5) is 14.1. The van der Waals surface area contributed by atoms with E-state index in [0.29, 0.717) is 37.7 Å². The van der Waals surface area contributed by atoms with Crippen LogP contribution in [0, 0.1) is 5.41 Å². The van der Waals surface area contributed by atoms with E-state index in [-0.39, 0.29) is 11.4 Å². The van der Waals surface area contributed by atoms with Crippen LogP contribution in [0.5, 0.6) is 5.75 Å². The van der Waals surface area contributed by atoms with Gasteiger partial charge in [0.25, 0.3) is 0 Å². The summed E-state index contributed by atoms with van der Waals surface area (Å²) < 4.78 is 16.6. The fourth-order valence-electron chi connectivity index (χ4n) is 2.77. The number of para-hydroxylation sites is 2. The summed E-state index contributed by atoms with van der Waals surface area (Å²) in [6.07, 6.45) is 0. The minimum atomic E-state index is -0.522. The number of amides is 2. The van der Waals surface area contributed by atoms with Gasteiger partial charge in [0.2, 0.25) is 0 Å². The maximum absolute atomic E-state index is 12.3. The molecule has 3 rings (SSSR count). The smallest absolute Gasteiger partial charge is 0.321 e. The molecule has 0 aromatic heterocycles. The molecule has 2 heterocycles. The zero-order chi connectivity index (χ0) is 15.8. The van der Waals surface area contributed by atoms with Crippen LogP contribution in [-0.2, 0) is 9.47 Å². The van der Waals surface area contributed by atoms with Crippen LogP contribution < -0.4 is 10.1 Å². The molecular weight excluding hydrogens is 284 g/mol. The predicted molar refractivity (Wildman–Crippen MR) is 82.0 cm³/mol. The number of likely N-dealkylation sites (tertiary alicyclic amines) is 1. The fraction of sp³-hybridized carbons (Fsp3) is 0.562. The van der Waals surface area contributed by atoms with E-state index in [4.69, 9.17) is 14.2 Å². The van der Waals surface area contributed by atoms with Crippen LogP contribution >= 0.6 is 0 Å². The van der Waals surface area contributed by atoms with Crippen molar-refractivity contribution in [3.63, 3.8) is 0 Å². The Bertz CT molecular complexity index is 555. The summed E-state index contributed by atoms with van der Waals surface area (Å²) in [5, 5.41) is 2.88. The standard InChI is InChI=1S/C16H22N2O4/c1-15(2)21-10-16(11-22-15)8-18(9-16)14(19)17-12-6-4-5-7-13(12)20-3/h4-7H,8-11H2,1-3H3,(H,17,19). The molecule has 0 saturated carbocycles. The van der Waals surface area contributed by atoms with Crippen molar-refractivity contribution in [1.82, 2.24) is 4.90 Å². The highest BCUT2D eigenvalue weighted by Gasteiger charge is 2.50. The van der Waals surface area contributed by atoms with Crippen LogP contribution in [0.25, 0.3) is 0 Å². The van der Waals surface area contributed by atoms with Crippen LogP contribution in [0.3, 0.4) is 0 Å². The quantitative estimate of drug-likeness (QED) is 0.911. The maximum atomic E-state index is 12.3. The van der Waals surface area contributed by atoms with Gasteiger partial charge in [-0.3, -0.25) is 0 Å². The Labute approximate surface area is 130 Å². The zero-order valence-corrected chi connectivity index (χ0v) is 13.2. The molecule has 1 aromatic carbocycles. The Hall–Kier alpha value is -1.79. The van der Waals surface area contributed by atoms with Crippen molar-refractivity contribution in [3.8, 4) is 5.75 Å². The summed E-state index contributed by atoms with van der Waals surface area (Å²) in [6, 6.07) is 7.24. The first-order valence-electron chi connectivity index (χ1n) is 7.40. The molecule has 1 aromatic rings. The number of benzene rings is 1. The monoisotopic (exact) mass is 306 g/mol. The molecular formula is C16H22N2O4. The SMILES string of the molecule is COc1ccccc1NC(=O)N1CC2(COC(C)(C)OC2)C1. The third kappa shape index (κ3) is 2.89. The molecule has 1 N–H and O–H groups in total. The third-order valence-corrected chi connectivity index (χ3v) is 4.14. The molecule has 22 heavy (non-hydrogen) atoms. The van der Waals surface area contributed by atoms with E-state index >= 15 is 0 Å². The van der Waals surface area contributed by atoms with Gasteiger partial charge in [-0.25, -0.2) is 4.79 Å². The van der Waals surface area contributed by atoms with Gasteiger partial charge in [0.1, 0.15) is 5.75 Å². The number of urea groups is 1. The molecule has 0 aliphatic carbocycles. The van der Waals surface area contributed by atoms with Crippen LogP contribution in [0.4, 0.5) is 10.5 Å². The van der Waals surface area contributed by atoms with Gasteiger partial charge >= 0.3 is 6.03 Å². The number of anilines is 1. The molecule has 1 spiro atoms. The third-order valence-electron chi connectivity index (χ3n) is 4.14. The number of hydrogen-bond acceptors (Lipinski definition) is 4. The van der Waals surface area contributed by atoms with Gasteiger partial charge in [-0.2, -0.15) is 0 Å². The summed E-state index contributed by atoms with van der Waals surface area (Å²) in [5.41, 5.74) is 0.612. The molecule has 0 atom stereocenters. The summed E-state index contributed by atoms with van der Waals surface area (Å²) in [6.45, 7) is 6.35. The van der Waals surface area contributed by atoms with Crippen LogP contribution in [0.15, 0.2) is 24.3 Å². The molecule has 6 nitrogen and oxygen atoms in total. The summed E-state index contributed by atoms with van der Waals surface area (Å²) in [5.74, 6) is 0.128. The Kier molecular flexibility index (Phi) is 3.74. The van der Waals surface area contributed by atoms with Gasteiger partial charge < -0.3 is 24.4 Å². The summed E-state index contributed by atoms with van der Waals surface area (Å²) >= 11 is 0. The second-order valence-corrected chi connectivity index (χ2v) is 6.46. The Morgan fingerprint density at radius 1 is 1.23 bits per heavy atom. The lowest BCUT2D eigenvalue weighted by atomic mass is 9.81. The molecule has 2 saturated heterocycles. The van der Waals surface area contributed by atoms with Crippen molar-refractivity contribution in [2.24, 2.45) is 5.41 Å². The number of methoxy groups -OCH3 is 1. The average Bonchev–Trinajstić information content (AvgIpc) is 2.46. The fourth-order valence-corrected chi connectivity index (χ4v) is 2.77. The number of rotatable bonds is 2. The van der Waals surface area contributed by atoms with Crippen LogP contribution in [-0.4, -0.2) is 50.1 Å². The van der Waals surface area contributed by atoms with Gasteiger partial charge in [0.05, 0.1) is 31.4 Å². The van der Waals surface area contributed by atoms with E-state index in [9.17, 15) is 4.79 Å². The molecule has 2 aliphatic heterocycles. The minimum absolute atomic E-state index is 0.0619. The topological polar surface area (TPSA) is 60.0 Å². The molecule has 120 valence electrons. The highest BCUT2D eigenvalue weighted by Crippen LogP contribution is 2.38. The van der Waals surface area contributed by atoms with Gasteiger partial charge in [-0.05, 0) is 26.0 Å². The minimum Gasteiger partial charge on any atom is -0.495 e. The number of carbonyl (C=O) groups is 1. The van der Waals surface area contributed by atoms with Crippen molar-refractivity contribution in [1.29, 1.82) is 0 Å². The Morgan fingerprint density at radius 3 is 2.50 bits per heavy atom. The number of ether oxygens (including phenoxy) is 3. The van der Waals surface area contributed by atoms with Crippen molar-refractivity contribution in [3.05, 3.63) is 24.3 Å². The van der Waals surface area contributed by atoms with Crippen molar-refractivity contribution in [2.45, 2.75) is 19.6 Å². The zero-order valence-electron chi connectivity index (χ0n) is 13.2. The molecule has 0 bridgehead atoms. The van der Waals surface area contributed by atoms with Gasteiger partial charge in [0.15, 0.2) is 5.79 Å². The van der Waals surface area contributed by atoms with Gasteiger partial charge in [-0.1, -0.05) is 12.1 Å². The predicted octanol–water partition coefficient (Wildman–Crippen LogP) is 2.31. The average molecular weight is 306 g/mol. The van der Waals surface area contributed by atoms with E-state index < -0.39 is 5.79 Å². The largest absolute Gasteiger partial charge is 0.495 e. The first-order valence-corrected chi connectivity index (χ1v) is 7.40. The highest BCUT2D eigenvalue weighted by atomic mass is 16.7. The second-order valence-electron chi connectivity index (χ2n) is 6.46. The molecule has 2 fully saturated rings. The second kappa shape index (κ2) is 5.44. The van der Waals surface area contributed by atoms with Crippen molar-refractivity contribution in [2.75, 3.05) is 38.7 Å². The first kappa shape index (κ1) is 15.1. The number of hydrogen-bond donors (Lipinski definition) is 1. The number of nitrogens with zero attached hydrogens (tertiary/aromatic N) is 1. The van der Waals surface area contributed by atoms with Crippen molar-refractivity contribution < 1.29 is 19.0 Å². The first-order chi connectivity index (χ1) is 10.4. The lowest BCUT2D eigenvalue weighted by Gasteiger charge is -2.53. The molecule has 0 radical (unpaired) electrons. The van der Waals surface area contributed by atoms with E-state index in [0.717, 1.165) is 0 Å². The lowest BCUT2D eigenvalue weighted by Crippen LogP contribution is -2.66. The molecule has 6 heteroatoms. The normalized spacial score (nSPS) is 22.0. The number of carbonyl (C=O) groups excluding carboxylic acids is 1. The number of nitrogens with one attached hydrogen (secondary N) is 1. The van der Waals surface area contributed by atoms with E-state index in [1.165, 1.54) is 0 Å². The molecule has 2 aliphatic rings.